The summed E-state index contributed by atoms with van der Waals surface area (Å²) in [7, 11) is 0. The molecule has 1 aliphatic heterocycles. The highest BCUT2D eigenvalue weighted by molar-refractivity contribution is 6.47. The molecule has 1 saturated carbocycles. The Bertz CT molecular complexity index is 1150. The minimum absolute atomic E-state index is 0.0602. The molecule has 9 heteroatoms. The van der Waals surface area contributed by atoms with Crippen molar-refractivity contribution < 1.29 is 19.5 Å². The molecule has 2 aliphatic rings. The third-order valence-corrected chi connectivity index (χ3v) is 6.45. The normalized spacial score (nSPS) is 17.9. The number of hydrogen-bond donors (Lipinski definition) is 2. The van der Waals surface area contributed by atoms with Crippen LogP contribution in [0.5, 0.6) is 0 Å². The largest absolute Gasteiger partial charge is 0.481 e. The van der Waals surface area contributed by atoms with Crippen LogP contribution in [0, 0.1) is 5.92 Å². The molecule has 0 saturated heterocycles. The lowest BCUT2D eigenvalue weighted by atomic mass is 9.96. The molecule has 0 spiro atoms. The summed E-state index contributed by atoms with van der Waals surface area (Å²) in [6.07, 6.45) is 1.86. The molecule has 34 heavy (non-hydrogen) atoms. The van der Waals surface area contributed by atoms with Gasteiger partial charge in [0.25, 0.3) is 11.8 Å². The zero-order valence-electron chi connectivity index (χ0n) is 18.8. The Labute approximate surface area is 207 Å². The van der Waals surface area contributed by atoms with E-state index in [9.17, 15) is 14.4 Å². The fourth-order valence-corrected chi connectivity index (χ4v) is 4.87. The number of carbonyl (C=O) groups excluding carboxylic acids is 2. The number of halogens is 2. The third-order valence-electron chi connectivity index (χ3n) is 6.02. The Morgan fingerprint density at radius 1 is 1.15 bits per heavy atom. The van der Waals surface area contributed by atoms with E-state index in [2.05, 4.69) is 5.32 Å². The molecule has 0 bridgehead atoms. The first-order chi connectivity index (χ1) is 16.1. The van der Waals surface area contributed by atoms with Crippen molar-refractivity contribution in [1.82, 2.24) is 10.2 Å². The number of carbonyl (C=O) groups is 3. The van der Waals surface area contributed by atoms with Crippen LogP contribution < -0.4 is 5.32 Å². The number of rotatable bonds is 8. The van der Waals surface area contributed by atoms with Gasteiger partial charge in [0.05, 0.1) is 12.5 Å². The van der Waals surface area contributed by atoms with Gasteiger partial charge in [-0.15, -0.1) is 0 Å². The first-order valence-corrected chi connectivity index (χ1v) is 11.8. The lowest BCUT2D eigenvalue weighted by Gasteiger charge is -2.37. The van der Waals surface area contributed by atoms with Crippen LogP contribution in [0.3, 0.4) is 0 Å². The summed E-state index contributed by atoms with van der Waals surface area (Å²) in [4.78, 5) is 43.2. The first kappa shape index (κ1) is 24.2. The Kier molecular flexibility index (Phi) is 6.69. The van der Waals surface area contributed by atoms with E-state index in [4.69, 9.17) is 33.3 Å². The molecular weight excluding hydrogens is 477 g/mol. The second kappa shape index (κ2) is 9.39. The topological polar surface area (TPSA) is 99.1 Å². The lowest BCUT2D eigenvalue weighted by Crippen LogP contribution is -2.46. The molecule has 0 aromatic heterocycles. The number of benzene rings is 2. The summed E-state index contributed by atoms with van der Waals surface area (Å²) < 4.78 is 0. The minimum Gasteiger partial charge on any atom is -0.481 e. The number of nitrogens with one attached hydrogen (secondary N) is 1. The zero-order valence-corrected chi connectivity index (χ0v) is 20.4. The van der Waals surface area contributed by atoms with Crippen LogP contribution in [0.1, 0.15) is 60.6 Å². The summed E-state index contributed by atoms with van der Waals surface area (Å²) in [6.45, 7) is 3.87. The fourth-order valence-electron chi connectivity index (χ4n) is 4.34. The van der Waals surface area contributed by atoms with Crippen LogP contribution in [-0.2, 0) is 9.59 Å². The summed E-state index contributed by atoms with van der Waals surface area (Å²) in [5.74, 6) is -1.19. The highest BCUT2D eigenvalue weighted by atomic mass is 35.5. The Morgan fingerprint density at radius 2 is 1.76 bits per heavy atom. The molecule has 2 aromatic rings. The van der Waals surface area contributed by atoms with Gasteiger partial charge in [-0.2, -0.15) is 0 Å². The van der Waals surface area contributed by atoms with Gasteiger partial charge in [0.2, 0.25) is 0 Å². The summed E-state index contributed by atoms with van der Waals surface area (Å²) in [6, 6.07) is 11.9. The van der Waals surface area contributed by atoms with Gasteiger partial charge in [0.15, 0.2) is 0 Å². The van der Waals surface area contributed by atoms with Crippen molar-refractivity contribution in [3.63, 3.8) is 0 Å². The smallest absolute Gasteiger partial charge is 0.305 e. The van der Waals surface area contributed by atoms with Crippen molar-refractivity contribution in [1.29, 1.82) is 0 Å². The monoisotopic (exact) mass is 501 g/mol. The van der Waals surface area contributed by atoms with E-state index in [-0.39, 0.29) is 30.8 Å². The molecule has 1 aliphatic carbocycles. The van der Waals surface area contributed by atoms with Gasteiger partial charge >= 0.3 is 5.97 Å². The maximum absolute atomic E-state index is 13.6. The van der Waals surface area contributed by atoms with Crippen molar-refractivity contribution in [3.05, 3.63) is 69.2 Å². The number of carboxylic acids is 1. The highest BCUT2D eigenvalue weighted by Gasteiger charge is 2.49. The standard InChI is InChI=1S/C25H25Cl2N3O4/c1-25(2)29-21(17-11-18(26)13-19(27)12-17)24(34)30(25)22(14-3-4-14)15-5-7-16(8-6-15)23(33)28-10-9-20(31)32/h5-8,11-14,22H,3-4,9-10H2,1-2H3,(H,28,33)(H,31,32). The van der Waals surface area contributed by atoms with Crippen molar-refractivity contribution in [2.75, 3.05) is 6.54 Å². The molecule has 1 heterocycles. The van der Waals surface area contributed by atoms with E-state index in [1.165, 1.54) is 0 Å². The van der Waals surface area contributed by atoms with Gasteiger partial charge in [0, 0.05) is 27.7 Å². The predicted molar refractivity (Wildman–Crippen MR) is 130 cm³/mol. The number of amides is 2. The Balaban J connectivity index is 1.59. The van der Waals surface area contributed by atoms with Crippen LogP contribution in [0.2, 0.25) is 10.0 Å². The molecule has 1 fully saturated rings. The number of hydrogen-bond acceptors (Lipinski definition) is 4. The molecule has 2 amide bonds. The molecule has 7 nitrogen and oxygen atoms in total. The van der Waals surface area contributed by atoms with Crippen LogP contribution in [0.25, 0.3) is 0 Å². The van der Waals surface area contributed by atoms with Gasteiger partial charge in [0.1, 0.15) is 11.4 Å². The van der Waals surface area contributed by atoms with Crippen molar-refractivity contribution in [2.45, 2.75) is 44.8 Å². The lowest BCUT2D eigenvalue weighted by molar-refractivity contribution is -0.136. The predicted octanol–water partition coefficient (Wildman–Crippen LogP) is 4.72. The maximum atomic E-state index is 13.6. The number of aliphatic carboxylic acids is 1. The quantitative estimate of drug-likeness (QED) is 0.546. The fraction of sp³-hybridized carbons (Fsp3) is 0.360. The SMILES string of the molecule is CC1(C)N=C(c2cc(Cl)cc(Cl)c2)C(=O)N1C(c1ccc(C(=O)NCCC(=O)O)cc1)C1CC1. The van der Waals surface area contributed by atoms with Crippen LogP contribution in [-0.4, -0.2) is 45.7 Å². The van der Waals surface area contributed by atoms with Crippen molar-refractivity contribution in [2.24, 2.45) is 10.9 Å². The molecular formula is C25H25Cl2N3O4. The first-order valence-electron chi connectivity index (χ1n) is 11.1. The van der Waals surface area contributed by atoms with Crippen LogP contribution in [0.15, 0.2) is 47.5 Å². The van der Waals surface area contributed by atoms with E-state index >= 15 is 0 Å². The zero-order chi connectivity index (χ0) is 24.6. The van der Waals surface area contributed by atoms with Crippen LogP contribution >= 0.6 is 23.2 Å². The van der Waals surface area contributed by atoms with Gasteiger partial charge in [-0.25, -0.2) is 0 Å². The summed E-state index contributed by atoms with van der Waals surface area (Å²) in [5, 5.41) is 12.2. The molecule has 1 atom stereocenters. The average Bonchev–Trinajstić information content (AvgIpc) is 3.56. The van der Waals surface area contributed by atoms with Gasteiger partial charge in [-0.3, -0.25) is 19.4 Å². The molecule has 2 aromatic carbocycles. The van der Waals surface area contributed by atoms with Gasteiger partial charge in [-0.1, -0.05) is 35.3 Å². The molecule has 4 rings (SSSR count). The van der Waals surface area contributed by atoms with E-state index < -0.39 is 11.6 Å². The van der Waals surface area contributed by atoms with E-state index in [0.717, 1.165) is 18.4 Å². The van der Waals surface area contributed by atoms with Crippen LogP contribution in [0.4, 0.5) is 0 Å². The molecule has 0 radical (unpaired) electrons. The van der Waals surface area contributed by atoms with E-state index in [1.54, 1.807) is 30.3 Å². The van der Waals surface area contributed by atoms with E-state index in [1.807, 2.05) is 30.9 Å². The molecule has 178 valence electrons. The summed E-state index contributed by atoms with van der Waals surface area (Å²) >= 11 is 12.3. The molecule has 2 N–H and O–H groups in total. The minimum atomic E-state index is -0.970. The second-order valence-corrected chi connectivity index (χ2v) is 9.96. The van der Waals surface area contributed by atoms with Crippen molar-refractivity contribution >= 4 is 46.7 Å². The Hall–Kier alpha value is -2.90. The molecule has 1 unspecified atom stereocenters. The number of aliphatic imine (C=N–C) groups is 1. The maximum Gasteiger partial charge on any atom is 0.305 e. The summed E-state index contributed by atoms with van der Waals surface area (Å²) in [5.41, 5.74) is 1.49. The third kappa shape index (κ3) is 5.10. The van der Waals surface area contributed by atoms with Crippen molar-refractivity contribution in [3.8, 4) is 0 Å². The van der Waals surface area contributed by atoms with Gasteiger partial charge in [-0.05, 0) is 68.5 Å². The van der Waals surface area contributed by atoms with Gasteiger partial charge < -0.3 is 15.3 Å². The number of carboxylic acid groups (broad SMARTS) is 1. The average molecular weight is 502 g/mol. The second-order valence-electron chi connectivity index (χ2n) is 9.09. The Morgan fingerprint density at radius 3 is 2.32 bits per heavy atom. The van der Waals surface area contributed by atoms with E-state index in [0.29, 0.717) is 32.8 Å². The number of nitrogens with zero attached hydrogens (tertiary/aromatic N) is 2. The highest BCUT2D eigenvalue weighted by Crippen LogP contribution is 2.48.